The zero-order chi connectivity index (χ0) is 21.1. The molecule has 0 aliphatic carbocycles. The Bertz CT molecular complexity index is 964. The van der Waals surface area contributed by atoms with Crippen molar-refractivity contribution in [3.8, 4) is 0 Å². The molecule has 0 aromatic heterocycles. The maximum absolute atomic E-state index is 12.9. The number of hydrogen-bond donors (Lipinski definition) is 1. The molecule has 3 rings (SSSR count). The fourth-order valence-corrected chi connectivity index (χ4v) is 3.49. The Kier molecular flexibility index (Phi) is 5.77. The van der Waals surface area contributed by atoms with E-state index in [2.05, 4.69) is 0 Å². The van der Waals surface area contributed by atoms with Gasteiger partial charge in [-0.3, -0.25) is 19.7 Å². The molecule has 0 saturated carbocycles. The lowest BCUT2D eigenvalue weighted by molar-refractivity contribution is -0.384. The van der Waals surface area contributed by atoms with Gasteiger partial charge in [0.25, 0.3) is 11.6 Å². The molecule has 1 N–H and O–H groups in total. The zero-order valence-corrected chi connectivity index (χ0v) is 16.2. The lowest BCUT2D eigenvalue weighted by atomic mass is 9.92. The summed E-state index contributed by atoms with van der Waals surface area (Å²) >= 11 is 0. The van der Waals surface area contributed by atoms with Gasteiger partial charge < -0.3 is 10.0 Å². The van der Waals surface area contributed by atoms with Crippen LogP contribution in [0.5, 0.6) is 0 Å². The molecule has 0 bridgehead atoms. The van der Waals surface area contributed by atoms with Gasteiger partial charge in [-0.1, -0.05) is 44.2 Å². The van der Waals surface area contributed by atoms with Crippen LogP contribution in [-0.2, 0) is 16.1 Å². The third kappa shape index (κ3) is 4.18. The van der Waals surface area contributed by atoms with Gasteiger partial charge in [0, 0.05) is 25.1 Å². The van der Waals surface area contributed by atoms with Crippen LogP contribution in [-0.4, -0.2) is 26.6 Å². The number of aliphatic hydroxyl groups excluding tert-OH is 1. The second kappa shape index (κ2) is 8.26. The van der Waals surface area contributed by atoms with Crippen LogP contribution in [0.25, 0.3) is 0 Å². The summed E-state index contributed by atoms with van der Waals surface area (Å²) in [6.07, 6.45) is 0.190. The van der Waals surface area contributed by atoms with Crippen molar-refractivity contribution in [2.24, 2.45) is 5.92 Å². The molecular weight excluding hydrogens is 372 g/mol. The van der Waals surface area contributed by atoms with Crippen molar-refractivity contribution < 1.29 is 19.6 Å². The third-order valence-corrected chi connectivity index (χ3v) is 4.81. The predicted octanol–water partition coefficient (Wildman–Crippen LogP) is 4.11. The number of carbonyl (C=O) groups is 2. The van der Waals surface area contributed by atoms with Crippen LogP contribution in [0.4, 0.5) is 5.69 Å². The summed E-state index contributed by atoms with van der Waals surface area (Å²) < 4.78 is 0. The molecule has 150 valence electrons. The van der Waals surface area contributed by atoms with E-state index in [4.69, 9.17) is 0 Å². The van der Waals surface area contributed by atoms with E-state index in [-0.39, 0.29) is 35.9 Å². The van der Waals surface area contributed by atoms with Crippen LogP contribution in [0.2, 0.25) is 0 Å². The minimum absolute atomic E-state index is 0.0495. The van der Waals surface area contributed by atoms with Gasteiger partial charge in [-0.05, 0) is 29.2 Å². The van der Waals surface area contributed by atoms with Gasteiger partial charge in [0.1, 0.15) is 0 Å². The summed E-state index contributed by atoms with van der Waals surface area (Å²) in [5.74, 6) is -1.41. The van der Waals surface area contributed by atoms with E-state index in [1.807, 2.05) is 44.2 Å². The second-order valence-electron chi connectivity index (χ2n) is 7.45. The number of Topliss-reactive ketones (excluding diaryl/α,β-unsaturated/α-hetero) is 1. The van der Waals surface area contributed by atoms with Crippen LogP contribution in [0.3, 0.4) is 0 Å². The molecule has 1 aliphatic rings. The van der Waals surface area contributed by atoms with Gasteiger partial charge in [0.2, 0.25) is 0 Å². The highest BCUT2D eigenvalue weighted by Crippen LogP contribution is 2.40. The average molecular weight is 394 g/mol. The predicted molar refractivity (Wildman–Crippen MR) is 107 cm³/mol. The van der Waals surface area contributed by atoms with Crippen LogP contribution >= 0.6 is 0 Å². The van der Waals surface area contributed by atoms with E-state index < -0.39 is 22.6 Å². The van der Waals surface area contributed by atoms with E-state index >= 15 is 0 Å². The number of nitro benzene ring substituents is 1. The lowest BCUT2D eigenvalue weighted by Gasteiger charge is -2.27. The Morgan fingerprint density at radius 3 is 2.31 bits per heavy atom. The molecule has 2 aromatic rings. The Balaban J connectivity index is 2.04. The van der Waals surface area contributed by atoms with E-state index in [0.29, 0.717) is 5.56 Å². The van der Waals surface area contributed by atoms with Gasteiger partial charge >= 0.3 is 0 Å². The highest BCUT2D eigenvalue weighted by molar-refractivity contribution is 6.09. The number of hydrogen-bond acceptors (Lipinski definition) is 5. The largest absolute Gasteiger partial charge is 0.503 e. The first-order valence-electron chi connectivity index (χ1n) is 9.35. The molecule has 7 heteroatoms. The smallest absolute Gasteiger partial charge is 0.290 e. The van der Waals surface area contributed by atoms with Crippen molar-refractivity contribution in [1.82, 2.24) is 4.90 Å². The second-order valence-corrected chi connectivity index (χ2v) is 7.45. The van der Waals surface area contributed by atoms with Crippen molar-refractivity contribution in [1.29, 1.82) is 0 Å². The number of nitrogens with zero attached hydrogens (tertiary/aromatic N) is 2. The van der Waals surface area contributed by atoms with Crippen molar-refractivity contribution in [2.75, 3.05) is 0 Å². The SMILES string of the molecule is CC(C)CC(=O)C1=C(O)C(=O)N(Cc2ccccc2)C1c1ccc([N+](=O)[O-])cc1. The number of carbonyl (C=O) groups excluding carboxylic acids is 2. The first kappa shape index (κ1) is 20.3. The Labute approximate surface area is 168 Å². The summed E-state index contributed by atoms with van der Waals surface area (Å²) in [5.41, 5.74) is 1.35. The third-order valence-electron chi connectivity index (χ3n) is 4.81. The molecular formula is C22H22N2O5. The highest BCUT2D eigenvalue weighted by Gasteiger charge is 2.43. The maximum Gasteiger partial charge on any atom is 0.290 e. The number of nitro groups is 1. The monoisotopic (exact) mass is 394 g/mol. The minimum atomic E-state index is -0.797. The van der Waals surface area contributed by atoms with Gasteiger partial charge in [-0.2, -0.15) is 0 Å². The first-order chi connectivity index (χ1) is 13.8. The first-order valence-corrected chi connectivity index (χ1v) is 9.35. The molecule has 0 radical (unpaired) electrons. The molecule has 1 amide bonds. The number of benzene rings is 2. The minimum Gasteiger partial charge on any atom is -0.503 e. The van der Waals surface area contributed by atoms with Gasteiger partial charge in [0.05, 0.1) is 16.5 Å². The van der Waals surface area contributed by atoms with E-state index in [9.17, 15) is 24.8 Å². The lowest BCUT2D eigenvalue weighted by Crippen LogP contribution is -2.30. The maximum atomic E-state index is 12.9. The highest BCUT2D eigenvalue weighted by atomic mass is 16.6. The fraction of sp³-hybridized carbons (Fsp3) is 0.273. The zero-order valence-electron chi connectivity index (χ0n) is 16.2. The Morgan fingerprint density at radius 1 is 1.14 bits per heavy atom. The van der Waals surface area contributed by atoms with Crippen molar-refractivity contribution >= 4 is 17.4 Å². The van der Waals surface area contributed by atoms with E-state index in [1.165, 1.54) is 29.2 Å². The Morgan fingerprint density at radius 2 is 1.76 bits per heavy atom. The molecule has 0 saturated heterocycles. The summed E-state index contributed by atoms with van der Waals surface area (Å²) in [4.78, 5) is 37.6. The summed E-state index contributed by atoms with van der Waals surface area (Å²) in [6.45, 7) is 3.97. The number of rotatable bonds is 7. The van der Waals surface area contributed by atoms with Gasteiger partial charge in [0.15, 0.2) is 11.5 Å². The average Bonchev–Trinajstić information content (AvgIpc) is 2.93. The van der Waals surface area contributed by atoms with E-state index in [1.54, 1.807) is 0 Å². The van der Waals surface area contributed by atoms with Crippen LogP contribution in [0.1, 0.15) is 37.4 Å². The van der Waals surface area contributed by atoms with E-state index in [0.717, 1.165) is 5.56 Å². The molecule has 1 heterocycles. The number of aliphatic hydroxyl groups is 1. The van der Waals surface area contributed by atoms with Crippen molar-refractivity contribution in [3.63, 3.8) is 0 Å². The standard InChI is InChI=1S/C22H22N2O5/c1-14(2)12-18(25)19-20(16-8-10-17(11-9-16)24(28)29)23(22(27)21(19)26)13-15-6-4-3-5-7-15/h3-11,14,20,26H,12-13H2,1-2H3. The number of ketones is 1. The summed E-state index contributed by atoms with van der Waals surface area (Å²) in [5, 5.41) is 21.5. The fourth-order valence-electron chi connectivity index (χ4n) is 3.49. The summed E-state index contributed by atoms with van der Waals surface area (Å²) in [6, 6.07) is 14.2. The summed E-state index contributed by atoms with van der Waals surface area (Å²) in [7, 11) is 0. The molecule has 29 heavy (non-hydrogen) atoms. The quantitative estimate of drug-likeness (QED) is 0.563. The topological polar surface area (TPSA) is 101 Å². The van der Waals surface area contributed by atoms with Crippen LogP contribution < -0.4 is 0 Å². The molecule has 0 spiro atoms. The molecule has 2 aromatic carbocycles. The molecule has 0 fully saturated rings. The van der Waals surface area contributed by atoms with Crippen molar-refractivity contribution in [3.05, 3.63) is 87.2 Å². The number of non-ortho nitro benzene ring substituents is 1. The van der Waals surface area contributed by atoms with Gasteiger partial charge in [-0.25, -0.2) is 0 Å². The van der Waals surface area contributed by atoms with Gasteiger partial charge in [-0.15, -0.1) is 0 Å². The normalized spacial score (nSPS) is 16.6. The van der Waals surface area contributed by atoms with Crippen LogP contribution in [0.15, 0.2) is 65.9 Å². The molecule has 1 unspecified atom stereocenters. The molecule has 1 atom stereocenters. The van der Waals surface area contributed by atoms with Crippen molar-refractivity contribution in [2.45, 2.75) is 32.9 Å². The number of amides is 1. The molecule has 7 nitrogen and oxygen atoms in total. The Hall–Kier alpha value is -3.48. The van der Waals surface area contributed by atoms with Crippen LogP contribution in [0, 0.1) is 16.0 Å². The molecule has 1 aliphatic heterocycles.